The van der Waals surface area contributed by atoms with E-state index in [9.17, 15) is 14.4 Å². The van der Waals surface area contributed by atoms with Crippen molar-refractivity contribution in [1.29, 1.82) is 0 Å². The van der Waals surface area contributed by atoms with E-state index in [1.807, 2.05) is 24.3 Å². The fourth-order valence-corrected chi connectivity index (χ4v) is 6.70. The molecule has 156 valence electrons. The minimum absolute atomic E-state index is 0.0441. The second kappa shape index (κ2) is 5.64. The van der Waals surface area contributed by atoms with E-state index < -0.39 is 17.4 Å². The largest absolute Gasteiger partial charge is 0.454 e. The molecule has 0 aliphatic carbocycles. The van der Waals surface area contributed by atoms with Crippen molar-refractivity contribution in [3.8, 4) is 11.5 Å². The van der Waals surface area contributed by atoms with Gasteiger partial charge in [-0.25, -0.2) is 4.90 Å². The Morgan fingerprint density at radius 1 is 1.03 bits per heavy atom. The number of imide groups is 1. The molecule has 2 aromatic carbocycles. The Kier molecular flexibility index (Phi) is 3.15. The molecular weight excluding hydrogens is 398 g/mol. The summed E-state index contributed by atoms with van der Waals surface area (Å²) in [6.45, 7) is 0.899. The number of nitrogens with one attached hydrogen (secondary N) is 2. The molecule has 0 saturated carbocycles. The molecule has 3 saturated heterocycles. The summed E-state index contributed by atoms with van der Waals surface area (Å²) in [5.41, 5.74) is 0.992. The van der Waals surface area contributed by atoms with Gasteiger partial charge < -0.3 is 19.7 Å². The van der Waals surface area contributed by atoms with Gasteiger partial charge in [-0.15, -0.1) is 0 Å². The molecule has 1 spiro atoms. The summed E-state index contributed by atoms with van der Waals surface area (Å²) >= 11 is 0. The molecule has 3 fully saturated rings. The second-order valence-electron chi connectivity index (χ2n) is 8.88. The molecule has 2 aromatic rings. The van der Waals surface area contributed by atoms with Crippen molar-refractivity contribution in [2.75, 3.05) is 23.6 Å². The van der Waals surface area contributed by atoms with E-state index in [1.165, 1.54) is 4.90 Å². The number of rotatable bonds is 1. The third kappa shape index (κ3) is 1.88. The zero-order chi connectivity index (χ0) is 20.9. The smallest absolute Gasteiger partial charge is 0.291 e. The zero-order valence-electron chi connectivity index (χ0n) is 16.6. The van der Waals surface area contributed by atoms with Gasteiger partial charge in [0, 0.05) is 24.5 Å². The second-order valence-corrected chi connectivity index (χ2v) is 8.88. The van der Waals surface area contributed by atoms with Gasteiger partial charge in [-0.1, -0.05) is 18.2 Å². The van der Waals surface area contributed by atoms with Crippen LogP contribution in [0.25, 0.3) is 0 Å². The van der Waals surface area contributed by atoms with Crippen LogP contribution in [0.3, 0.4) is 0 Å². The summed E-state index contributed by atoms with van der Waals surface area (Å²) in [5, 5.41) is 3.00. The van der Waals surface area contributed by atoms with E-state index in [0.717, 1.165) is 35.5 Å². The molecule has 3 amide bonds. The molecule has 7 rings (SSSR count). The SMILES string of the molecule is O=C1[C@@H]2[C@H]3CCC[NH+]3[C@@]3(C(=O)Nc4ccccc43)[C@H]2C(=O)N1c1ccc2c(c1)OCO2. The van der Waals surface area contributed by atoms with Crippen molar-refractivity contribution in [3.63, 3.8) is 0 Å². The van der Waals surface area contributed by atoms with Crippen LogP contribution in [0.2, 0.25) is 0 Å². The predicted octanol–water partition coefficient (Wildman–Crippen LogP) is 0.429. The van der Waals surface area contributed by atoms with Crippen LogP contribution in [0.15, 0.2) is 42.5 Å². The average Bonchev–Trinajstić information content (AvgIpc) is 3.54. The number of nitrogens with zero attached hydrogens (tertiary/aromatic N) is 1. The number of carbonyl (C=O) groups is 3. The zero-order valence-corrected chi connectivity index (χ0v) is 16.6. The topological polar surface area (TPSA) is 89.4 Å². The normalized spacial score (nSPS) is 34.3. The molecule has 2 N–H and O–H groups in total. The molecule has 5 heterocycles. The number of amides is 3. The molecule has 8 nitrogen and oxygen atoms in total. The fourth-order valence-electron chi connectivity index (χ4n) is 6.70. The Bertz CT molecular complexity index is 1200. The highest BCUT2D eigenvalue weighted by Crippen LogP contribution is 2.52. The molecular formula is C23H20N3O5+. The lowest BCUT2D eigenvalue weighted by Crippen LogP contribution is -3.19. The number of para-hydroxylation sites is 1. The fraction of sp³-hybridized carbons (Fsp3) is 0.348. The summed E-state index contributed by atoms with van der Waals surface area (Å²) in [6.07, 6.45) is 1.77. The minimum Gasteiger partial charge on any atom is -0.454 e. The van der Waals surface area contributed by atoms with Crippen LogP contribution in [0.5, 0.6) is 11.5 Å². The van der Waals surface area contributed by atoms with Crippen molar-refractivity contribution >= 4 is 29.1 Å². The van der Waals surface area contributed by atoms with Gasteiger partial charge in [0.15, 0.2) is 11.5 Å². The van der Waals surface area contributed by atoms with Crippen molar-refractivity contribution < 1.29 is 28.8 Å². The maximum atomic E-state index is 13.9. The van der Waals surface area contributed by atoms with Crippen molar-refractivity contribution in [3.05, 3.63) is 48.0 Å². The lowest BCUT2D eigenvalue weighted by molar-refractivity contribution is -0.948. The van der Waals surface area contributed by atoms with Crippen LogP contribution in [0, 0.1) is 11.8 Å². The Hall–Kier alpha value is -3.39. The molecule has 8 heteroatoms. The van der Waals surface area contributed by atoms with Crippen LogP contribution >= 0.6 is 0 Å². The maximum absolute atomic E-state index is 13.9. The number of hydrogen-bond donors (Lipinski definition) is 2. The van der Waals surface area contributed by atoms with E-state index >= 15 is 0 Å². The highest BCUT2D eigenvalue weighted by atomic mass is 16.7. The molecule has 5 atom stereocenters. The van der Waals surface area contributed by atoms with Gasteiger partial charge in [0.05, 0.1) is 17.9 Å². The van der Waals surface area contributed by atoms with Gasteiger partial charge in [-0.3, -0.25) is 14.4 Å². The highest BCUT2D eigenvalue weighted by Gasteiger charge is 2.78. The van der Waals surface area contributed by atoms with Gasteiger partial charge in [0.1, 0.15) is 17.9 Å². The van der Waals surface area contributed by atoms with E-state index in [4.69, 9.17) is 9.47 Å². The Labute approximate surface area is 177 Å². The minimum atomic E-state index is -1.06. The molecule has 1 unspecified atom stereocenters. The lowest BCUT2D eigenvalue weighted by Gasteiger charge is -2.33. The van der Waals surface area contributed by atoms with Crippen molar-refractivity contribution in [2.45, 2.75) is 24.4 Å². The third-order valence-electron chi connectivity index (χ3n) is 7.74. The number of fused-ring (bicyclic) bond motifs is 8. The average molecular weight is 418 g/mol. The summed E-state index contributed by atoms with van der Waals surface area (Å²) in [6, 6.07) is 12.6. The van der Waals surface area contributed by atoms with E-state index in [2.05, 4.69) is 5.32 Å². The first-order chi connectivity index (χ1) is 15.1. The van der Waals surface area contributed by atoms with Gasteiger partial charge in [-0.2, -0.15) is 0 Å². The first-order valence-corrected chi connectivity index (χ1v) is 10.7. The summed E-state index contributed by atoms with van der Waals surface area (Å²) in [5.74, 6) is -0.801. The first-order valence-electron chi connectivity index (χ1n) is 10.7. The quantitative estimate of drug-likeness (QED) is 0.656. The lowest BCUT2D eigenvalue weighted by atomic mass is 9.75. The predicted molar refractivity (Wildman–Crippen MR) is 108 cm³/mol. The van der Waals surface area contributed by atoms with Crippen LogP contribution in [0.1, 0.15) is 18.4 Å². The molecule has 0 radical (unpaired) electrons. The first kappa shape index (κ1) is 17.3. The van der Waals surface area contributed by atoms with E-state index in [1.54, 1.807) is 18.2 Å². The molecule has 5 aliphatic rings. The van der Waals surface area contributed by atoms with Gasteiger partial charge in [0.2, 0.25) is 24.1 Å². The van der Waals surface area contributed by atoms with Crippen molar-refractivity contribution in [2.24, 2.45) is 11.8 Å². The monoisotopic (exact) mass is 418 g/mol. The number of ether oxygens (including phenoxy) is 2. The summed E-state index contributed by atoms with van der Waals surface area (Å²) in [4.78, 5) is 43.4. The number of quaternary nitrogens is 1. The van der Waals surface area contributed by atoms with Gasteiger partial charge >= 0.3 is 0 Å². The number of anilines is 2. The van der Waals surface area contributed by atoms with Crippen LogP contribution in [-0.2, 0) is 19.9 Å². The molecule has 0 aromatic heterocycles. The van der Waals surface area contributed by atoms with E-state index in [-0.39, 0.29) is 30.6 Å². The number of carbonyl (C=O) groups excluding carboxylic acids is 3. The van der Waals surface area contributed by atoms with Crippen LogP contribution < -0.4 is 24.6 Å². The van der Waals surface area contributed by atoms with Gasteiger partial charge in [-0.05, 0) is 18.2 Å². The third-order valence-corrected chi connectivity index (χ3v) is 7.74. The summed E-state index contributed by atoms with van der Waals surface area (Å²) in [7, 11) is 0. The van der Waals surface area contributed by atoms with Crippen LogP contribution in [-0.4, -0.2) is 37.1 Å². The maximum Gasteiger partial charge on any atom is 0.291 e. The Morgan fingerprint density at radius 3 is 2.77 bits per heavy atom. The Balaban J connectivity index is 1.40. The Morgan fingerprint density at radius 2 is 1.87 bits per heavy atom. The molecule has 0 bridgehead atoms. The van der Waals surface area contributed by atoms with E-state index in [0.29, 0.717) is 17.2 Å². The molecule has 5 aliphatic heterocycles. The highest BCUT2D eigenvalue weighted by molar-refractivity contribution is 6.25. The number of hydrogen-bond acceptors (Lipinski definition) is 5. The molecule has 31 heavy (non-hydrogen) atoms. The standard InChI is InChI=1S/C23H19N3O5/c27-20-18-15-6-3-9-25(15)23(13-4-1-2-5-14(13)24-22(23)29)19(18)21(28)26(20)12-7-8-16-17(10-12)31-11-30-16/h1-2,4-5,7-8,10,15,18-19H,3,6,9,11H2,(H,24,29)/p+1/t15-,18-,19-,23-/m1/s1. The van der Waals surface area contributed by atoms with Crippen molar-refractivity contribution in [1.82, 2.24) is 0 Å². The van der Waals surface area contributed by atoms with Gasteiger partial charge in [0.25, 0.3) is 5.91 Å². The number of benzene rings is 2. The van der Waals surface area contributed by atoms with Crippen LogP contribution in [0.4, 0.5) is 11.4 Å². The summed E-state index contributed by atoms with van der Waals surface area (Å²) < 4.78 is 10.8.